The average molecular weight is 474 g/mol. The van der Waals surface area contributed by atoms with Gasteiger partial charge in [-0.05, 0) is 66.4 Å². The summed E-state index contributed by atoms with van der Waals surface area (Å²) in [7, 11) is 0. The third kappa shape index (κ3) is 4.36. The molecule has 4 aromatic rings. The predicted octanol–water partition coefficient (Wildman–Crippen LogP) is 5.28. The van der Waals surface area contributed by atoms with E-state index in [0.717, 1.165) is 45.0 Å². The Morgan fingerprint density at radius 3 is 2.58 bits per heavy atom. The number of fused-ring (bicyclic) bond motifs is 1. The molecule has 1 saturated carbocycles. The summed E-state index contributed by atoms with van der Waals surface area (Å²) in [6, 6.07) is 21.7. The molecule has 1 heterocycles. The first kappa shape index (κ1) is 19.5. The summed E-state index contributed by atoms with van der Waals surface area (Å²) in [4.78, 5) is 21.2. The summed E-state index contributed by atoms with van der Waals surface area (Å²) in [6.45, 7) is 0. The lowest BCUT2D eigenvalue weighted by molar-refractivity contribution is 0.0951. The summed E-state index contributed by atoms with van der Waals surface area (Å²) in [6.07, 6.45) is 2.12. The smallest absolute Gasteiger partial charge is 0.251 e. The molecule has 5 rings (SSSR count). The number of benzene rings is 3. The van der Waals surface area contributed by atoms with E-state index in [4.69, 9.17) is 5.73 Å². The number of halogens is 1. The van der Waals surface area contributed by atoms with Crippen LogP contribution in [-0.4, -0.2) is 21.9 Å². The van der Waals surface area contributed by atoms with Crippen LogP contribution >= 0.6 is 15.9 Å². The number of carbonyl (C=O) groups is 1. The van der Waals surface area contributed by atoms with Gasteiger partial charge in [-0.3, -0.25) is 4.79 Å². The third-order valence-electron chi connectivity index (χ3n) is 5.17. The molecule has 0 spiro atoms. The van der Waals surface area contributed by atoms with E-state index in [2.05, 4.69) is 36.5 Å². The van der Waals surface area contributed by atoms with Gasteiger partial charge >= 0.3 is 0 Å². The molecule has 31 heavy (non-hydrogen) atoms. The molecule has 7 heteroatoms. The van der Waals surface area contributed by atoms with Crippen molar-refractivity contribution in [2.45, 2.75) is 18.9 Å². The van der Waals surface area contributed by atoms with E-state index < -0.39 is 0 Å². The summed E-state index contributed by atoms with van der Waals surface area (Å²) < 4.78 is 0.964. The maximum Gasteiger partial charge on any atom is 0.251 e. The number of carbonyl (C=O) groups excluding carboxylic acids is 1. The van der Waals surface area contributed by atoms with E-state index >= 15 is 0 Å². The Morgan fingerprint density at radius 2 is 1.77 bits per heavy atom. The first-order valence-corrected chi connectivity index (χ1v) is 10.9. The fourth-order valence-electron chi connectivity index (χ4n) is 3.46. The maximum atomic E-state index is 12.5. The van der Waals surface area contributed by atoms with E-state index in [-0.39, 0.29) is 11.9 Å². The summed E-state index contributed by atoms with van der Waals surface area (Å²) in [5, 5.41) is 7.23. The number of anilines is 3. The van der Waals surface area contributed by atoms with Crippen LogP contribution in [0.1, 0.15) is 23.2 Å². The van der Waals surface area contributed by atoms with Crippen molar-refractivity contribution in [3.8, 4) is 11.1 Å². The standard InChI is InChI=1S/C24H20BrN5O/c25-17-5-2-6-19(13-17)27-22-20-12-15(7-10-21(20)29-24(26)30-22)14-3-1-4-16(11-14)23(31)28-18-8-9-18/h1-7,10-13,18H,8-9H2,(H,28,31)(H3,26,27,29,30). The molecule has 0 aliphatic heterocycles. The average Bonchev–Trinajstić information content (AvgIpc) is 3.57. The van der Waals surface area contributed by atoms with Crippen molar-refractivity contribution in [2.75, 3.05) is 11.1 Å². The predicted molar refractivity (Wildman–Crippen MR) is 127 cm³/mol. The molecular weight excluding hydrogens is 454 g/mol. The van der Waals surface area contributed by atoms with Crippen molar-refractivity contribution in [1.29, 1.82) is 0 Å². The van der Waals surface area contributed by atoms with Crippen molar-refractivity contribution in [3.63, 3.8) is 0 Å². The molecule has 0 radical (unpaired) electrons. The highest BCUT2D eigenvalue weighted by molar-refractivity contribution is 9.10. The van der Waals surface area contributed by atoms with Gasteiger partial charge in [0.1, 0.15) is 5.82 Å². The summed E-state index contributed by atoms with van der Waals surface area (Å²) in [5.74, 6) is 0.805. The first-order valence-electron chi connectivity index (χ1n) is 10.1. The maximum absolute atomic E-state index is 12.5. The van der Waals surface area contributed by atoms with Gasteiger partial charge in [0.2, 0.25) is 5.95 Å². The number of nitrogens with two attached hydrogens (primary N) is 1. The highest BCUT2D eigenvalue weighted by Crippen LogP contribution is 2.30. The number of aromatic nitrogens is 2. The summed E-state index contributed by atoms with van der Waals surface area (Å²) >= 11 is 3.49. The highest BCUT2D eigenvalue weighted by Gasteiger charge is 2.23. The molecule has 0 saturated heterocycles. The number of nitrogens with zero attached hydrogens (tertiary/aromatic N) is 2. The van der Waals surface area contributed by atoms with Gasteiger partial charge in [-0.25, -0.2) is 4.98 Å². The van der Waals surface area contributed by atoms with E-state index in [1.54, 1.807) is 0 Å². The number of nitrogen functional groups attached to an aromatic ring is 1. The van der Waals surface area contributed by atoms with Crippen molar-refractivity contribution >= 4 is 50.2 Å². The number of amides is 1. The SMILES string of the molecule is Nc1nc(Nc2cccc(Br)c2)c2cc(-c3cccc(C(=O)NC4CC4)c3)ccc2n1. The van der Waals surface area contributed by atoms with Gasteiger partial charge in [0.15, 0.2) is 0 Å². The van der Waals surface area contributed by atoms with Crippen LogP contribution in [0.15, 0.2) is 71.2 Å². The van der Waals surface area contributed by atoms with E-state index in [1.165, 1.54) is 0 Å². The monoisotopic (exact) mass is 473 g/mol. The molecule has 1 amide bonds. The minimum Gasteiger partial charge on any atom is -0.368 e. The summed E-state index contributed by atoms with van der Waals surface area (Å²) in [5.41, 5.74) is 10.2. The lowest BCUT2D eigenvalue weighted by Crippen LogP contribution is -2.25. The number of nitrogens with one attached hydrogen (secondary N) is 2. The zero-order valence-electron chi connectivity index (χ0n) is 16.6. The molecule has 6 nitrogen and oxygen atoms in total. The van der Waals surface area contributed by atoms with Gasteiger partial charge in [0.25, 0.3) is 5.91 Å². The van der Waals surface area contributed by atoms with Crippen molar-refractivity contribution in [1.82, 2.24) is 15.3 Å². The minimum atomic E-state index is -0.0294. The molecule has 0 atom stereocenters. The molecule has 4 N–H and O–H groups in total. The van der Waals surface area contributed by atoms with Crippen LogP contribution in [0.5, 0.6) is 0 Å². The van der Waals surface area contributed by atoms with Crippen LogP contribution in [0.3, 0.4) is 0 Å². The normalized spacial score (nSPS) is 13.2. The van der Waals surface area contributed by atoms with Crippen LogP contribution in [0.25, 0.3) is 22.0 Å². The van der Waals surface area contributed by atoms with E-state index in [9.17, 15) is 4.79 Å². The van der Waals surface area contributed by atoms with Gasteiger partial charge in [0.05, 0.1) is 5.52 Å². The molecule has 154 valence electrons. The number of rotatable bonds is 5. The van der Waals surface area contributed by atoms with Crippen LogP contribution in [-0.2, 0) is 0 Å². The molecule has 0 unspecified atom stereocenters. The molecule has 1 aliphatic rings. The molecular formula is C24H20BrN5O. The van der Waals surface area contributed by atoms with E-state index in [1.807, 2.05) is 66.7 Å². The Morgan fingerprint density at radius 1 is 0.968 bits per heavy atom. The Hall–Kier alpha value is -3.45. The Labute approximate surface area is 188 Å². The van der Waals surface area contributed by atoms with Gasteiger partial charge in [-0.15, -0.1) is 0 Å². The fourth-order valence-corrected chi connectivity index (χ4v) is 3.86. The Balaban J connectivity index is 1.53. The zero-order valence-corrected chi connectivity index (χ0v) is 18.2. The van der Waals surface area contributed by atoms with Gasteiger partial charge < -0.3 is 16.4 Å². The van der Waals surface area contributed by atoms with E-state index in [0.29, 0.717) is 17.4 Å². The molecule has 0 bridgehead atoms. The van der Waals surface area contributed by atoms with Crippen LogP contribution in [0.2, 0.25) is 0 Å². The van der Waals surface area contributed by atoms with Crippen molar-refractivity contribution in [2.24, 2.45) is 0 Å². The van der Waals surface area contributed by atoms with Crippen LogP contribution in [0, 0.1) is 0 Å². The fraction of sp³-hybridized carbons (Fsp3) is 0.125. The quantitative estimate of drug-likeness (QED) is 0.366. The van der Waals surface area contributed by atoms with Crippen LogP contribution < -0.4 is 16.4 Å². The molecule has 3 aromatic carbocycles. The Kier molecular flexibility index (Phi) is 5.03. The third-order valence-corrected chi connectivity index (χ3v) is 5.66. The van der Waals surface area contributed by atoms with Crippen molar-refractivity contribution in [3.05, 3.63) is 76.8 Å². The minimum absolute atomic E-state index is 0.0294. The molecule has 1 aliphatic carbocycles. The highest BCUT2D eigenvalue weighted by atomic mass is 79.9. The first-order chi connectivity index (χ1) is 15.0. The largest absolute Gasteiger partial charge is 0.368 e. The van der Waals surface area contributed by atoms with Crippen molar-refractivity contribution < 1.29 is 4.79 Å². The topological polar surface area (TPSA) is 92.9 Å². The lowest BCUT2D eigenvalue weighted by Gasteiger charge is -2.12. The number of hydrogen-bond donors (Lipinski definition) is 3. The second kappa shape index (κ2) is 8.00. The number of hydrogen-bond acceptors (Lipinski definition) is 5. The zero-order chi connectivity index (χ0) is 21.4. The second-order valence-corrected chi connectivity index (χ2v) is 8.54. The second-order valence-electron chi connectivity index (χ2n) is 7.63. The Bertz CT molecular complexity index is 1300. The van der Waals surface area contributed by atoms with Gasteiger partial charge in [-0.1, -0.05) is 40.2 Å². The lowest BCUT2D eigenvalue weighted by atomic mass is 10.0. The van der Waals surface area contributed by atoms with Gasteiger partial charge in [0, 0.05) is 27.2 Å². The van der Waals surface area contributed by atoms with Gasteiger partial charge in [-0.2, -0.15) is 4.98 Å². The molecule has 1 aromatic heterocycles. The molecule has 1 fully saturated rings. The van der Waals surface area contributed by atoms with Crippen LogP contribution in [0.4, 0.5) is 17.5 Å².